The number of hydrazine groups is 1. The third-order valence-corrected chi connectivity index (χ3v) is 5.20. The van der Waals surface area contributed by atoms with Crippen LogP contribution in [0, 0.1) is 0 Å². The van der Waals surface area contributed by atoms with E-state index in [9.17, 15) is 9.59 Å². The number of nitrogens with zero attached hydrogens (tertiary/aromatic N) is 2. The van der Waals surface area contributed by atoms with E-state index in [1.807, 2.05) is 24.3 Å². The number of thioether (sulfide) groups is 1. The monoisotopic (exact) mass is 413 g/mol. The summed E-state index contributed by atoms with van der Waals surface area (Å²) in [5.41, 5.74) is 3.79. The van der Waals surface area contributed by atoms with E-state index in [0.29, 0.717) is 17.1 Å². The number of hydrogen-bond donors (Lipinski definition) is 1. The molecule has 144 valence electrons. The molecule has 28 heavy (non-hydrogen) atoms. The normalized spacial score (nSPS) is 15.2. The van der Waals surface area contributed by atoms with Gasteiger partial charge in [-0.3, -0.25) is 20.0 Å². The summed E-state index contributed by atoms with van der Waals surface area (Å²) in [7, 11) is 0. The van der Waals surface area contributed by atoms with Gasteiger partial charge >= 0.3 is 0 Å². The third kappa shape index (κ3) is 4.96. The molecule has 8 heteroatoms. The lowest BCUT2D eigenvalue weighted by Crippen LogP contribution is -2.44. The van der Waals surface area contributed by atoms with Crippen molar-refractivity contribution in [2.75, 3.05) is 6.61 Å². The summed E-state index contributed by atoms with van der Waals surface area (Å²) in [6, 6.07) is 10.6. The molecule has 1 aromatic heterocycles. The fourth-order valence-corrected chi connectivity index (χ4v) is 3.56. The molecule has 3 rings (SSSR count). The highest BCUT2D eigenvalue weighted by atomic mass is 32.2. The first-order chi connectivity index (χ1) is 13.6. The number of thiocarbonyl (C=S) groups is 1. The van der Waals surface area contributed by atoms with Gasteiger partial charge in [-0.2, -0.15) is 5.01 Å². The van der Waals surface area contributed by atoms with E-state index < -0.39 is 5.91 Å². The van der Waals surface area contributed by atoms with E-state index in [-0.39, 0.29) is 10.2 Å². The van der Waals surface area contributed by atoms with Gasteiger partial charge in [0.1, 0.15) is 5.75 Å². The van der Waals surface area contributed by atoms with Crippen molar-refractivity contribution < 1.29 is 14.3 Å². The van der Waals surface area contributed by atoms with Crippen molar-refractivity contribution >= 4 is 46.2 Å². The maximum atomic E-state index is 12.6. The maximum absolute atomic E-state index is 12.6. The highest BCUT2D eigenvalue weighted by Gasteiger charge is 2.33. The predicted octanol–water partition coefficient (Wildman–Crippen LogP) is 3.81. The van der Waals surface area contributed by atoms with Crippen molar-refractivity contribution in [3.63, 3.8) is 0 Å². The van der Waals surface area contributed by atoms with Gasteiger partial charge in [0.05, 0.1) is 11.5 Å². The zero-order valence-corrected chi connectivity index (χ0v) is 16.9. The summed E-state index contributed by atoms with van der Waals surface area (Å²) in [6.07, 6.45) is 6.85. The van der Waals surface area contributed by atoms with Gasteiger partial charge in [-0.05, 0) is 54.5 Å². The van der Waals surface area contributed by atoms with Crippen LogP contribution >= 0.6 is 24.0 Å². The average Bonchev–Trinajstić information content (AvgIpc) is 2.97. The molecule has 0 bridgehead atoms. The minimum absolute atomic E-state index is 0.276. The minimum Gasteiger partial charge on any atom is -0.494 e. The molecule has 0 atom stereocenters. The van der Waals surface area contributed by atoms with Crippen LogP contribution in [0.4, 0.5) is 0 Å². The van der Waals surface area contributed by atoms with Crippen LogP contribution in [-0.4, -0.2) is 32.7 Å². The van der Waals surface area contributed by atoms with Crippen molar-refractivity contribution in [1.29, 1.82) is 0 Å². The number of aromatic nitrogens is 1. The second-order valence-corrected chi connectivity index (χ2v) is 7.64. The van der Waals surface area contributed by atoms with Crippen LogP contribution in [0.25, 0.3) is 6.08 Å². The van der Waals surface area contributed by atoms with Gasteiger partial charge in [-0.25, -0.2) is 0 Å². The van der Waals surface area contributed by atoms with Crippen molar-refractivity contribution in [2.24, 2.45) is 0 Å². The van der Waals surface area contributed by atoms with E-state index in [4.69, 9.17) is 17.0 Å². The zero-order valence-electron chi connectivity index (χ0n) is 15.3. The smallest absolute Gasteiger partial charge is 0.285 e. The van der Waals surface area contributed by atoms with Crippen LogP contribution in [0.15, 0.2) is 53.7 Å². The molecule has 0 radical (unpaired) electrons. The second kappa shape index (κ2) is 9.48. The quantitative estimate of drug-likeness (QED) is 0.423. The fourth-order valence-electron chi connectivity index (χ4n) is 2.38. The topological polar surface area (TPSA) is 71.5 Å². The highest BCUT2D eigenvalue weighted by Crippen LogP contribution is 2.31. The molecule has 0 saturated carbocycles. The Kier molecular flexibility index (Phi) is 6.78. The van der Waals surface area contributed by atoms with Gasteiger partial charge in [-0.15, -0.1) is 0 Å². The van der Waals surface area contributed by atoms with Crippen LogP contribution in [0.3, 0.4) is 0 Å². The number of unbranched alkanes of at least 4 members (excludes halogenated alkanes) is 1. The molecule has 1 saturated heterocycles. The summed E-state index contributed by atoms with van der Waals surface area (Å²) >= 11 is 6.38. The number of nitrogens with one attached hydrogen (secondary N) is 1. The summed E-state index contributed by atoms with van der Waals surface area (Å²) in [5, 5.41) is 1.09. The van der Waals surface area contributed by atoms with E-state index in [2.05, 4.69) is 17.3 Å². The third-order valence-electron chi connectivity index (χ3n) is 3.89. The Balaban J connectivity index is 1.66. The fraction of sp³-hybridized carbons (Fsp3) is 0.200. The molecule has 2 heterocycles. The van der Waals surface area contributed by atoms with E-state index in [1.165, 1.54) is 12.4 Å². The van der Waals surface area contributed by atoms with E-state index >= 15 is 0 Å². The molecular formula is C20H19N3O3S2. The first-order valence-corrected chi connectivity index (χ1v) is 10.0. The molecule has 1 fully saturated rings. The number of rotatable bonds is 7. The molecule has 2 aromatic rings. The lowest BCUT2D eigenvalue weighted by atomic mass is 10.2. The molecule has 1 N–H and O–H groups in total. The van der Waals surface area contributed by atoms with Crippen molar-refractivity contribution in [1.82, 2.24) is 15.4 Å². The predicted molar refractivity (Wildman–Crippen MR) is 114 cm³/mol. The minimum atomic E-state index is -0.423. The van der Waals surface area contributed by atoms with Crippen LogP contribution in [0.1, 0.15) is 35.7 Å². The van der Waals surface area contributed by atoms with Gasteiger partial charge < -0.3 is 4.74 Å². The van der Waals surface area contributed by atoms with Gasteiger partial charge in [0, 0.05) is 18.0 Å². The van der Waals surface area contributed by atoms with Crippen LogP contribution in [0.2, 0.25) is 0 Å². The number of carbonyl (C=O) groups excluding carboxylic acids is 2. The number of amides is 2. The SMILES string of the molecule is CCCCOc1ccc(/C=C2\SC(=S)N(NC(=O)c3ccncc3)C2=O)cc1. The first-order valence-electron chi connectivity index (χ1n) is 8.80. The van der Waals surface area contributed by atoms with E-state index in [1.54, 1.807) is 18.2 Å². The number of benzene rings is 1. The van der Waals surface area contributed by atoms with Gasteiger partial charge in [0.15, 0.2) is 4.32 Å². The lowest BCUT2D eigenvalue weighted by molar-refractivity contribution is -0.123. The highest BCUT2D eigenvalue weighted by molar-refractivity contribution is 8.26. The molecule has 0 spiro atoms. The summed E-state index contributed by atoms with van der Waals surface area (Å²) in [4.78, 5) is 29.2. The summed E-state index contributed by atoms with van der Waals surface area (Å²) in [5.74, 6) is 0.0111. The Morgan fingerprint density at radius 1 is 1.25 bits per heavy atom. The lowest BCUT2D eigenvalue weighted by Gasteiger charge is -2.15. The van der Waals surface area contributed by atoms with Gasteiger partial charge in [-0.1, -0.05) is 37.2 Å². The Morgan fingerprint density at radius 2 is 1.96 bits per heavy atom. The molecule has 0 aliphatic carbocycles. The first kappa shape index (κ1) is 20.0. The molecule has 1 aliphatic rings. The van der Waals surface area contributed by atoms with Crippen LogP contribution in [-0.2, 0) is 4.79 Å². The zero-order chi connectivity index (χ0) is 19.9. The van der Waals surface area contributed by atoms with Crippen molar-refractivity contribution in [3.8, 4) is 5.75 Å². The number of pyridine rings is 1. The number of carbonyl (C=O) groups is 2. The molecule has 6 nitrogen and oxygen atoms in total. The largest absolute Gasteiger partial charge is 0.494 e. The Morgan fingerprint density at radius 3 is 2.64 bits per heavy atom. The molecular weight excluding hydrogens is 394 g/mol. The standard InChI is InChI=1S/C20H19N3O3S2/c1-2-3-12-26-16-6-4-14(5-7-16)13-17-19(25)23(20(27)28-17)22-18(24)15-8-10-21-11-9-15/h4-11,13H,2-3,12H2,1H3,(H,22,24)/b17-13-. The summed E-state index contributed by atoms with van der Waals surface area (Å²) < 4.78 is 5.91. The molecule has 0 unspecified atom stereocenters. The summed E-state index contributed by atoms with van der Waals surface area (Å²) in [6.45, 7) is 2.80. The Bertz CT molecular complexity index is 899. The number of hydrogen-bond acceptors (Lipinski definition) is 6. The Hall–Kier alpha value is -2.71. The molecule has 1 aliphatic heterocycles. The van der Waals surface area contributed by atoms with E-state index in [0.717, 1.165) is 40.9 Å². The van der Waals surface area contributed by atoms with Crippen molar-refractivity contribution in [2.45, 2.75) is 19.8 Å². The van der Waals surface area contributed by atoms with Crippen LogP contribution < -0.4 is 10.2 Å². The Labute approximate surface area is 172 Å². The number of ether oxygens (including phenoxy) is 1. The average molecular weight is 414 g/mol. The molecule has 1 aromatic carbocycles. The van der Waals surface area contributed by atoms with Gasteiger partial charge in [0.2, 0.25) is 0 Å². The second-order valence-electron chi connectivity index (χ2n) is 5.96. The molecule has 2 amide bonds. The maximum Gasteiger partial charge on any atom is 0.285 e. The van der Waals surface area contributed by atoms with Crippen LogP contribution in [0.5, 0.6) is 5.75 Å². The van der Waals surface area contributed by atoms with Gasteiger partial charge in [0.25, 0.3) is 11.8 Å². The van der Waals surface area contributed by atoms with Crippen molar-refractivity contribution in [3.05, 3.63) is 64.8 Å².